The van der Waals surface area contributed by atoms with Crippen molar-refractivity contribution < 1.29 is 4.79 Å². The molecule has 0 bridgehead atoms. The van der Waals surface area contributed by atoms with E-state index in [0.29, 0.717) is 12.5 Å². The van der Waals surface area contributed by atoms with Gasteiger partial charge >= 0.3 is 0 Å². The van der Waals surface area contributed by atoms with Gasteiger partial charge in [-0.1, -0.05) is 0 Å². The molecule has 0 aromatic heterocycles. The van der Waals surface area contributed by atoms with Crippen molar-refractivity contribution in [3.63, 3.8) is 0 Å². The Hall–Kier alpha value is -0.570. The molecule has 1 unspecified atom stereocenters. The highest BCUT2D eigenvalue weighted by Gasteiger charge is 2.16. The first-order valence-electron chi connectivity index (χ1n) is 4.13. The molecule has 0 spiro atoms. The Morgan fingerprint density at radius 2 is 2.27 bits per heavy atom. The highest BCUT2D eigenvalue weighted by atomic mass is 16.1. The topological polar surface area (TPSA) is 32.3 Å². The van der Waals surface area contributed by atoms with E-state index in [0.717, 1.165) is 19.4 Å². The maximum absolute atomic E-state index is 10.9. The number of nitrogens with one attached hydrogen (secondary N) is 1. The Morgan fingerprint density at radius 1 is 1.55 bits per heavy atom. The second-order valence-electron chi connectivity index (χ2n) is 3.31. The van der Waals surface area contributed by atoms with Gasteiger partial charge in [0.25, 0.3) is 0 Å². The molecule has 1 heterocycles. The average molecular weight is 156 g/mol. The molecule has 1 aliphatic heterocycles. The van der Waals surface area contributed by atoms with Gasteiger partial charge in [0, 0.05) is 19.0 Å². The quantitative estimate of drug-likeness (QED) is 0.589. The van der Waals surface area contributed by atoms with Crippen LogP contribution in [0.2, 0.25) is 0 Å². The Balaban J connectivity index is 2.40. The van der Waals surface area contributed by atoms with Crippen molar-refractivity contribution in [2.45, 2.75) is 25.3 Å². The number of carbonyl (C=O) groups is 1. The van der Waals surface area contributed by atoms with Gasteiger partial charge in [-0.3, -0.25) is 4.79 Å². The van der Waals surface area contributed by atoms with E-state index in [1.165, 1.54) is 0 Å². The minimum atomic E-state index is 0.203. The molecule has 1 aliphatic rings. The Kier molecular flexibility index (Phi) is 2.88. The highest BCUT2D eigenvalue weighted by molar-refractivity contribution is 5.76. The lowest BCUT2D eigenvalue weighted by Gasteiger charge is -2.21. The number of nitrogens with zero attached hydrogens (tertiary/aromatic N) is 1. The third kappa shape index (κ3) is 2.50. The fraction of sp³-hybridized carbons (Fsp3) is 0.875. The summed E-state index contributed by atoms with van der Waals surface area (Å²) in [4.78, 5) is 13.1. The summed E-state index contributed by atoms with van der Waals surface area (Å²) in [5.41, 5.74) is 0. The van der Waals surface area contributed by atoms with Gasteiger partial charge in [-0.05, 0) is 26.9 Å². The van der Waals surface area contributed by atoms with Crippen LogP contribution in [0, 0.1) is 0 Å². The van der Waals surface area contributed by atoms with Gasteiger partial charge in [0.15, 0.2) is 0 Å². The van der Waals surface area contributed by atoms with Gasteiger partial charge < -0.3 is 10.2 Å². The molecule has 3 heteroatoms. The van der Waals surface area contributed by atoms with Crippen LogP contribution >= 0.6 is 0 Å². The summed E-state index contributed by atoms with van der Waals surface area (Å²) < 4.78 is 0. The standard InChI is InChI=1S/C8H16N2O/c1-10(2)7-4-3-5-8(11)9-6-7/h7H,3-6H2,1-2H3,(H,9,11). The van der Waals surface area contributed by atoms with Crippen molar-refractivity contribution in [1.29, 1.82) is 0 Å². The van der Waals surface area contributed by atoms with E-state index in [-0.39, 0.29) is 5.91 Å². The average Bonchev–Trinajstić information content (AvgIpc) is 2.13. The zero-order valence-electron chi connectivity index (χ0n) is 7.26. The van der Waals surface area contributed by atoms with Crippen molar-refractivity contribution >= 4 is 5.91 Å². The Labute approximate surface area is 67.8 Å². The summed E-state index contributed by atoms with van der Waals surface area (Å²) in [6, 6.07) is 0.529. The van der Waals surface area contributed by atoms with Crippen molar-refractivity contribution in [3.8, 4) is 0 Å². The number of rotatable bonds is 1. The molecule has 0 saturated carbocycles. The monoisotopic (exact) mass is 156 g/mol. The van der Waals surface area contributed by atoms with Crippen molar-refractivity contribution in [2.24, 2.45) is 0 Å². The third-order valence-electron chi connectivity index (χ3n) is 2.21. The van der Waals surface area contributed by atoms with Crippen LogP contribution in [-0.2, 0) is 4.79 Å². The van der Waals surface area contributed by atoms with Gasteiger partial charge in [-0.15, -0.1) is 0 Å². The molecule has 1 atom stereocenters. The van der Waals surface area contributed by atoms with Crippen LogP contribution in [0.4, 0.5) is 0 Å². The molecule has 11 heavy (non-hydrogen) atoms. The van der Waals surface area contributed by atoms with E-state index in [1.807, 2.05) is 0 Å². The maximum Gasteiger partial charge on any atom is 0.220 e. The first-order valence-corrected chi connectivity index (χ1v) is 4.13. The van der Waals surface area contributed by atoms with Crippen LogP contribution in [0.5, 0.6) is 0 Å². The fourth-order valence-corrected chi connectivity index (χ4v) is 1.36. The molecule has 1 amide bonds. The third-order valence-corrected chi connectivity index (χ3v) is 2.21. The van der Waals surface area contributed by atoms with Crippen molar-refractivity contribution in [3.05, 3.63) is 0 Å². The van der Waals surface area contributed by atoms with E-state index in [9.17, 15) is 4.79 Å². The van der Waals surface area contributed by atoms with Crippen LogP contribution in [0.15, 0.2) is 0 Å². The van der Waals surface area contributed by atoms with Gasteiger partial charge in [0.05, 0.1) is 0 Å². The van der Waals surface area contributed by atoms with Gasteiger partial charge in [-0.2, -0.15) is 0 Å². The SMILES string of the molecule is CN(C)C1CCCC(=O)NC1. The van der Waals surface area contributed by atoms with Crippen LogP contribution in [0.25, 0.3) is 0 Å². The first-order chi connectivity index (χ1) is 5.20. The van der Waals surface area contributed by atoms with Gasteiger partial charge in [-0.25, -0.2) is 0 Å². The summed E-state index contributed by atoms with van der Waals surface area (Å²) in [5.74, 6) is 0.203. The van der Waals surface area contributed by atoms with Crippen LogP contribution < -0.4 is 5.32 Å². The predicted octanol–water partition coefficient (Wildman–Crippen LogP) is 0.217. The first kappa shape index (κ1) is 8.53. The molecule has 1 saturated heterocycles. The number of amides is 1. The van der Waals surface area contributed by atoms with E-state index in [1.54, 1.807) is 0 Å². The lowest BCUT2D eigenvalue weighted by atomic mass is 10.1. The minimum Gasteiger partial charge on any atom is -0.355 e. The molecule has 64 valence electrons. The van der Waals surface area contributed by atoms with Crippen molar-refractivity contribution in [2.75, 3.05) is 20.6 Å². The highest BCUT2D eigenvalue weighted by Crippen LogP contribution is 2.08. The van der Waals surface area contributed by atoms with Crippen molar-refractivity contribution in [1.82, 2.24) is 10.2 Å². The molecule has 0 aromatic rings. The van der Waals surface area contributed by atoms with Crippen LogP contribution in [0.3, 0.4) is 0 Å². The summed E-state index contributed by atoms with van der Waals surface area (Å²) in [7, 11) is 4.12. The normalized spacial score (nSPS) is 26.5. The lowest BCUT2D eigenvalue weighted by molar-refractivity contribution is -0.120. The maximum atomic E-state index is 10.9. The molecule has 1 N–H and O–H groups in total. The van der Waals surface area contributed by atoms with Crippen LogP contribution in [0.1, 0.15) is 19.3 Å². The van der Waals surface area contributed by atoms with Gasteiger partial charge in [0.1, 0.15) is 0 Å². The summed E-state index contributed by atoms with van der Waals surface area (Å²) in [6.45, 7) is 0.811. The summed E-state index contributed by atoms with van der Waals surface area (Å²) >= 11 is 0. The number of carbonyl (C=O) groups excluding carboxylic acids is 1. The second kappa shape index (κ2) is 3.72. The molecule has 0 radical (unpaired) electrons. The van der Waals surface area contributed by atoms with E-state index >= 15 is 0 Å². The fourth-order valence-electron chi connectivity index (χ4n) is 1.36. The molecule has 1 rings (SSSR count). The largest absolute Gasteiger partial charge is 0.355 e. The zero-order valence-corrected chi connectivity index (χ0v) is 7.26. The number of hydrogen-bond acceptors (Lipinski definition) is 2. The van der Waals surface area contributed by atoms with E-state index in [4.69, 9.17) is 0 Å². The summed E-state index contributed by atoms with van der Waals surface area (Å²) in [6.07, 6.45) is 2.85. The molecule has 1 fully saturated rings. The van der Waals surface area contributed by atoms with Crippen LogP contribution in [-0.4, -0.2) is 37.5 Å². The predicted molar refractivity (Wildman–Crippen MR) is 44.3 cm³/mol. The smallest absolute Gasteiger partial charge is 0.220 e. The Morgan fingerprint density at radius 3 is 2.91 bits per heavy atom. The summed E-state index contributed by atoms with van der Waals surface area (Å²) in [5, 5.41) is 2.90. The lowest BCUT2D eigenvalue weighted by Crippen LogP contribution is -2.37. The van der Waals surface area contributed by atoms with Gasteiger partial charge in [0.2, 0.25) is 5.91 Å². The minimum absolute atomic E-state index is 0.203. The molecular formula is C8H16N2O. The van der Waals surface area contributed by atoms with E-state index in [2.05, 4.69) is 24.3 Å². The molecular weight excluding hydrogens is 140 g/mol. The number of likely N-dealkylation sites (N-methyl/N-ethyl adjacent to an activating group) is 1. The molecule has 0 aromatic carbocycles. The number of hydrogen-bond donors (Lipinski definition) is 1. The second-order valence-corrected chi connectivity index (χ2v) is 3.31. The van der Waals surface area contributed by atoms with E-state index < -0.39 is 0 Å². The molecule has 0 aliphatic carbocycles. The zero-order chi connectivity index (χ0) is 8.27. The molecule has 3 nitrogen and oxygen atoms in total. The Bertz CT molecular complexity index is 145.